The Kier molecular flexibility index (Phi) is 5.02. The number of nitriles is 1. The summed E-state index contributed by atoms with van der Waals surface area (Å²) in [6.45, 7) is 1.98. The Bertz CT molecular complexity index is 1430. The van der Waals surface area contributed by atoms with Gasteiger partial charge >= 0.3 is 6.18 Å². The lowest BCUT2D eigenvalue weighted by Gasteiger charge is -2.30. The summed E-state index contributed by atoms with van der Waals surface area (Å²) in [6, 6.07) is 8.98. The number of benzene rings is 1. The van der Waals surface area contributed by atoms with Crippen LogP contribution in [0.1, 0.15) is 47.4 Å². The SMILES string of the molecule is Cn1cc(C(F)(F)F)nc1-c1ccc(-c2noc(C3(C)CCCc4sc(N)c(C#N)c43)n2)cc1. The van der Waals surface area contributed by atoms with Crippen LogP contribution in [-0.2, 0) is 25.1 Å². The smallest absolute Gasteiger partial charge is 0.389 e. The van der Waals surface area contributed by atoms with Crippen molar-refractivity contribution in [3.05, 3.63) is 58.1 Å². The van der Waals surface area contributed by atoms with E-state index < -0.39 is 17.3 Å². The van der Waals surface area contributed by atoms with Crippen molar-refractivity contribution in [1.82, 2.24) is 19.7 Å². The number of nitrogens with zero attached hydrogens (tertiary/aromatic N) is 5. The maximum absolute atomic E-state index is 13.0. The van der Waals surface area contributed by atoms with Crippen molar-refractivity contribution in [3.63, 3.8) is 0 Å². The van der Waals surface area contributed by atoms with Crippen molar-refractivity contribution in [2.45, 2.75) is 37.8 Å². The molecule has 3 aromatic heterocycles. The van der Waals surface area contributed by atoms with Crippen LogP contribution in [0.4, 0.5) is 18.2 Å². The van der Waals surface area contributed by atoms with Gasteiger partial charge in [-0.25, -0.2) is 4.98 Å². The van der Waals surface area contributed by atoms with Crippen LogP contribution >= 0.6 is 11.3 Å². The second-order valence-electron chi connectivity index (χ2n) is 8.50. The minimum Gasteiger partial charge on any atom is -0.389 e. The predicted molar refractivity (Wildman–Crippen MR) is 120 cm³/mol. The molecule has 1 aromatic carbocycles. The first kappa shape index (κ1) is 22.2. The summed E-state index contributed by atoms with van der Waals surface area (Å²) < 4.78 is 45.9. The summed E-state index contributed by atoms with van der Waals surface area (Å²) in [4.78, 5) is 9.41. The van der Waals surface area contributed by atoms with Gasteiger partial charge in [-0.3, -0.25) is 0 Å². The highest BCUT2D eigenvalue weighted by atomic mass is 32.1. The van der Waals surface area contributed by atoms with Crippen molar-refractivity contribution in [2.75, 3.05) is 5.73 Å². The molecule has 0 saturated heterocycles. The van der Waals surface area contributed by atoms with Crippen molar-refractivity contribution in [1.29, 1.82) is 5.26 Å². The maximum atomic E-state index is 13.0. The molecule has 0 spiro atoms. The lowest BCUT2D eigenvalue weighted by molar-refractivity contribution is -0.140. The molecule has 1 aliphatic carbocycles. The van der Waals surface area contributed by atoms with Gasteiger partial charge in [-0.1, -0.05) is 29.4 Å². The van der Waals surface area contributed by atoms with Crippen LogP contribution in [0, 0.1) is 11.3 Å². The van der Waals surface area contributed by atoms with E-state index in [4.69, 9.17) is 10.3 Å². The van der Waals surface area contributed by atoms with Crippen LogP contribution in [0.2, 0.25) is 0 Å². The molecule has 3 heterocycles. The predicted octanol–water partition coefficient (Wildman–Crippen LogP) is 5.31. The summed E-state index contributed by atoms with van der Waals surface area (Å²) in [5.41, 5.74) is 7.03. The van der Waals surface area contributed by atoms with Gasteiger partial charge in [-0.2, -0.15) is 23.4 Å². The molecule has 7 nitrogen and oxygen atoms in total. The Morgan fingerprint density at radius 2 is 1.91 bits per heavy atom. The minimum absolute atomic E-state index is 0.203. The molecular formula is C23H19F3N6OS. The third-order valence-corrected chi connectivity index (χ3v) is 7.30. The average molecular weight is 485 g/mol. The van der Waals surface area contributed by atoms with E-state index in [1.54, 1.807) is 24.3 Å². The zero-order valence-electron chi connectivity index (χ0n) is 18.3. The zero-order chi connectivity index (χ0) is 24.3. The molecule has 174 valence electrons. The Labute approximate surface area is 196 Å². The molecule has 34 heavy (non-hydrogen) atoms. The number of thiophene rings is 1. The second-order valence-corrected chi connectivity index (χ2v) is 9.63. The monoisotopic (exact) mass is 484 g/mol. The van der Waals surface area contributed by atoms with E-state index in [2.05, 4.69) is 21.2 Å². The minimum atomic E-state index is -4.51. The number of imidazole rings is 1. The fourth-order valence-corrected chi connectivity index (χ4v) is 5.70. The first-order chi connectivity index (χ1) is 16.1. The number of nitrogens with two attached hydrogens (primary N) is 1. The van der Waals surface area contributed by atoms with Crippen LogP contribution in [0.5, 0.6) is 0 Å². The Hall–Kier alpha value is -3.65. The third kappa shape index (κ3) is 3.45. The van der Waals surface area contributed by atoms with Gasteiger partial charge in [-0.05, 0) is 26.2 Å². The summed E-state index contributed by atoms with van der Waals surface area (Å²) >= 11 is 1.43. The van der Waals surface area contributed by atoms with Crippen molar-refractivity contribution in [2.24, 2.45) is 7.05 Å². The van der Waals surface area contributed by atoms with Crippen LogP contribution in [-0.4, -0.2) is 19.7 Å². The molecule has 5 rings (SSSR count). The highest BCUT2D eigenvalue weighted by molar-refractivity contribution is 7.16. The number of alkyl halides is 3. The highest BCUT2D eigenvalue weighted by Crippen LogP contribution is 2.48. The molecule has 4 aromatic rings. The Morgan fingerprint density at radius 1 is 1.21 bits per heavy atom. The largest absolute Gasteiger partial charge is 0.434 e. The summed E-state index contributed by atoms with van der Waals surface area (Å²) in [7, 11) is 1.52. The number of nitrogen functional groups attached to an aromatic ring is 1. The first-order valence-electron chi connectivity index (χ1n) is 10.5. The van der Waals surface area contributed by atoms with Crippen LogP contribution < -0.4 is 5.73 Å². The van der Waals surface area contributed by atoms with E-state index in [0.717, 1.165) is 35.9 Å². The van der Waals surface area contributed by atoms with Gasteiger partial charge in [0.05, 0.1) is 11.0 Å². The number of aryl methyl sites for hydroxylation is 2. The number of fused-ring (bicyclic) bond motifs is 1. The maximum Gasteiger partial charge on any atom is 0.434 e. The van der Waals surface area contributed by atoms with Crippen molar-refractivity contribution < 1.29 is 17.7 Å². The molecule has 1 aliphatic rings. The molecule has 1 atom stereocenters. The van der Waals surface area contributed by atoms with Gasteiger partial charge in [-0.15, -0.1) is 11.3 Å². The van der Waals surface area contributed by atoms with Crippen LogP contribution in [0.3, 0.4) is 0 Å². The first-order valence-corrected chi connectivity index (χ1v) is 11.3. The van der Waals surface area contributed by atoms with E-state index in [9.17, 15) is 18.4 Å². The van der Waals surface area contributed by atoms with Crippen LogP contribution in [0.25, 0.3) is 22.8 Å². The zero-order valence-corrected chi connectivity index (χ0v) is 19.1. The summed E-state index contributed by atoms with van der Waals surface area (Å²) in [5, 5.41) is 14.3. The molecule has 0 radical (unpaired) electrons. The topological polar surface area (TPSA) is 107 Å². The molecule has 0 fully saturated rings. The molecule has 0 aliphatic heterocycles. The van der Waals surface area contributed by atoms with Gasteiger partial charge < -0.3 is 14.8 Å². The number of aromatic nitrogens is 4. The Balaban J connectivity index is 1.47. The van der Waals surface area contributed by atoms with Gasteiger partial charge in [0.15, 0.2) is 5.69 Å². The van der Waals surface area contributed by atoms with Gasteiger partial charge in [0.2, 0.25) is 11.7 Å². The number of halogens is 3. The number of rotatable bonds is 3. The Morgan fingerprint density at radius 3 is 2.56 bits per heavy atom. The van der Waals surface area contributed by atoms with E-state index in [1.165, 1.54) is 23.0 Å². The third-order valence-electron chi connectivity index (χ3n) is 6.22. The lowest BCUT2D eigenvalue weighted by atomic mass is 9.72. The number of hydrogen-bond donors (Lipinski definition) is 1. The van der Waals surface area contributed by atoms with E-state index in [0.29, 0.717) is 33.4 Å². The lowest BCUT2D eigenvalue weighted by Crippen LogP contribution is -2.29. The van der Waals surface area contributed by atoms with E-state index in [-0.39, 0.29) is 5.82 Å². The highest BCUT2D eigenvalue weighted by Gasteiger charge is 2.43. The van der Waals surface area contributed by atoms with Gasteiger partial charge in [0.25, 0.3) is 0 Å². The van der Waals surface area contributed by atoms with Gasteiger partial charge in [0.1, 0.15) is 16.9 Å². The molecule has 11 heteroatoms. The molecule has 0 bridgehead atoms. The normalized spacial score (nSPS) is 18.0. The molecule has 0 amide bonds. The van der Waals surface area contributed by atoms with Crippen LogP contribution in [0.15, 0.2) is 35.0 Å². The quantitative estimate of drug-likeness (QED) is 0.422. The van der Waals surface area contributed by atoms with E-state index >= 15 is 0 Å². The fourth-order valence-electron chi connectivity index (χ4n) is 4.51. The average Bonchev–Trinajstić information content (AvgIpc) is 3.51. The second kappa shape index (κ2) is 7.70. The summed E-state index contributed by atoms with van der Waals surface area (Å²) in [5.74, 6) is 0.960. The van der Waals surface area contributed by atoms with Gasteiger partial charge in [0, 0.05) is 34.8 Å². The fraction of sp³-hybridized carbons (Fsp3) is 0.304. The number of hydrogen-bond acceptors (Lipinski definition) is 7. The molecule has 0 saturated carbocycles. The molecule has 1 unspecified atom stereocenters. The van der Waals surface area contributed by atoms with Crippen molar-refractivity contribution in [3.8, 4) is 28.8 Å². The molecule has 2 N–H and O–H groups in total. The summed E-state index contributed by atoms with van der Waals surface area (Å²) in [6.07, 6.45) is -1.05. The number of anilines is 1. The van der Waals surface area contributed by atoms with Crippen molar-refractivity contribution >= 4 is 16.3 Å². The molecular weight excluding hydrogens is 465 g/mol. The standard InChI is InChI=1S/C23H19F3N6OS/c1-22(9-3-4-15-17(22)14(10-27)18(28)34-15)21-30-19(31-33-21)12-5-7-13(8-6-12)20-29-16(11-32(20)2)23(24,25)26/h5-8,11H,3-4,9,28H2,1-2H3. The van der Waals surface area contributed by atoms with E-state index in [1.807, 2.05) is 6.92 Å².